The maximum Gasteiger partial charge on any atom is 0.312 e. The van der Waals surface area contributed by atoms with Gasteiger partial charge < -0.3 is 20.0 Å². The number of hydrogen-bond donors (Lipinski definition) is 1. The number of ether oxygens (including phenoxy) is 1. The molecule has 0 aliphatic heterocycles. The number of benzene rings is 1. The maximum absolute atomic E-state index is 12.7. The number of amides is 1. The molecule has 0 aromatic heterocycles. The molecule has 1 aromatic carbocycles. The third-order valence-corrected chi connectivity index (χ3v) is 5.58. The minimum atomic E-state index is -1.35. The molecule has 2 atom stereocenters. The molecule has 0 unspecified atom stereocenters. The van der Waals surface area contributed by atoms with Gasteiger partial charge in [0.25, 0.3) is 0 Å². The van der Waals surface area contributed by atoms with Gasteiger partial charge in [-0.05, 0) is 31.2 Å². The van der Waals surface area contributed by atoms with Crippen LogP contribution in [0.25, 0.3) is 0 Å². The van der Waals surface area contributed by atoms with E-state index >= 15 is 0 Å². The minimum absolute atomic E-state index is 0.0719. The number of carbonyl (C=O) groups is 3. The summed E-state index contributed by atoms with van der Waals surface area (Å²) in [5.74, 6) is -2.42. The first-order valence-corrected chi connectivity index (χ1v) is 7.85. The molecule has 0 radical (unpaired) electrons. The lowest BCUT2D eigenvalue weighted by Crippen LogP contribution is -2.44. The summed E-state index contributed by atoms with van der Waals surface area (Å²) in [6, 6.07) is 6.10. The standard InChI is InChI=1S/C18H23NO5/c1-17(2)12(9-10-18(17,3)16(23)24-4)14(20)19-13-8-6-5-7-11(13)15(21)22/h5-8,12H,9-10H2,1-4H3,(H,19,20)(H,21,22)/p-1/t12-,18-/m1/s1. The molecule has 1 aliphatic carbocycles. The van der Waals surface area contributed by atoms with E-state index in [1.54, 1.807) is 19.1 Å². The SMILES string of the molecule is COC(=O)[C@@]1(C)CC[C@H](C(=O)Nc2ccccc2C(=O)[O-])C1(C)C. The molecule has 1 saturated carbocycles. The number of carboxylic acids is 1. The minimum Gasteiger partial charge on any atom is -0.545 e. The predicted octanol–water partition coefficient (Wildman–Crippen LogP) is 1.60. The van der Waals surface area contributed by atoms with Crippen LogP contribution in [0.15, 0.2) is 24.3 Å². The molecule has 0 saturated heterocycles. The van der Waals surface area contributed by atoms with E-state index in [0.717, 1.165) is 0 Å². The molecule has 24 heavy (non-hydrogen) atoms. The van der Waals surface area contributed by atoms with Crippen LogP contribution in [-0.2, 0) is 14.3 Å². The summed E-state index contributed by atoms with van der Waals surface area (Å²) in [6.07, 6.45) is 1.06. The van der Waals surface area contributed by atoms with Gasteiger partial charge in [-0.25, -0.2) is 0 Å². The number of nitrogens with one attached hydrogen (secondary N) is 1. The van der Waals surface area contributed by atoms with Crippen LogP contribution in [0.4, 0.5) is 5.69 Å². The maximum atomic E-state index is 12.7. The van der Waals surface area contributed by atoms with Crippen molar-refractivity contribution in [1.82, 2.24) is 0 Å². The van der Waals surface area contributed by atoms with Crippen LogP contribution < -0.4 is 10.4 Å². The van der Waals surface area contributed by atoms with Crippen molar-refractivity contribution in [3.05, 3.63) is 29.8 Å². The van der Waals surface area contributed by atoms with Crippen molar-refractivity contribution >= 4 is 23.5 Å². The van der Waals surface area contributed by atoms with Crippen molar-refractivity contribution in [3.8, 4) is 0 Å². The second kappa shape index (κ2) is 6.26. The van der Waals surface area contributed by atoms with Crippen molar-refractivity contribution in [2.75, 3.05) is 12.4 Å². The number of methoxy groups -OCH3 is 1. The largest absolute Gasteiger partial charge is 0.545 e. The summed E-state index contributed by atoms with van der Waals surface area (Å²) in [6.45, 7) is 5.54. The zero-order chi connectivity index (χ0) is 18.1. The molecule has 6 heteroatoms. The summed E-state index contributed by atoms with van der Waals surface area (Å²) in [4.78, 5) is 36.1. The Labute approximate surface area is 141 Å². The number of esters is 1. The van der Waals surface area contributed by atoms with Gasteiger partial charge in [0.05, 0.1) is 18.5 Å². The third kappa shape index (κ3) is 2.77. The summed E-state index contributed by atoms with van der Waals surface area (Å²) in [7, 11) is 1.34. The number of para-hydroxylation sites is 1. The predicted molar refractivity (Wildman–Crippen MR) is 86.0 cm³/mol. The monoisotopic (exact) mass is 332 g/mol. The lowest BCUT2D eigenvalue weighted by atomic mass is 9.65. The van der Waals surface area contributed by atoms with Gasteiger partial charge >= 0.3 is 5.97 Å². The normalized spacial score (nSPS) is 25.1. The summed E-state index contributed by atoms with van der Waals surface area (Å²) in [5, 5.41) is 13.8. The van der Waals surface area contributed by atoms with Crippen molar-refractivity contribution in [1.29, 1.82) is 0 Å². The highest BCUT2D eigenvalue weighted by molar-refractivity contribution is 6.01. The molecule has 1 aromatic rings. The van der Waals surface area contributed by atoms with Crippen LogP contribution in [0.2, 0.25) is 0 Å². The van der Waals surface area contributed by atoms with E-state index in [2.05, 4.69) is 5.32 Å². The Hall–Kier alpha value is -2.37. The summed E-state index contributed by atoms with van der Waals surface area (Å²) >= 11 is 0. The molecule has 1 aliphatic rings. The Morgan fingerprint density at radius 1 is 1.21 bits per heavy atom. The molecule has 0 spiro atoms. The van der Waals surface area contributed by atoms with Gasteiger partial charge in [-0.2, -0.15) is 0 Å². The lowest BCUT2D eigenvalue weighted by molar-refractivity contribution is -0.254. The van der Waals surface area contributed by atoms with Gasteiger partial charge in [0.2, 0.25) is 5.91 Å². The van der Waals surface area contributed by atoms with Gasteiger partial charge in [0, 0.05) is 17.2 Å². The van der Waals surface area contributed by atoms with Crippen molar-refractivity contribution < 1.29 is 24.2 Å². The van der Waals surface area contributed by atoms with Gasteiger partial charge in [-0.1, -0.05) is 32.0 Å². The number of hydrogen-bond acceptors (Lipinski definition) is 5. The number of aromatic carboxylic acids is 1. The summed E-state index contributed by atoms with van der Waals surface area (Å²) in [5.41, 5.74) is -1.26. The first-order chi connectivity index (χ1) is 11.1. The molecule has 0 bridgehead atoms. The Morgan fingerprint density at radius 3 is 2.42 bits per heavy atom. The molecule has 2 rings (SSSR count). The molecule has 1 N–H and O–H groups in total. The lowest BCUT2D eigenvalue weighted by Gasteiger charge is -2.38. The number of rotatable bonds is 4. The molecule has 0 heterocycles. The van der Waals surface area contributed by atoms with Crippen molar-refractivity contribution in [3.63, 3.8) is 0 Å². The van der Waals surface area contributed by atoms with Crippen LogP contribution in [0.3, 0.4) is 0 Å². The second-order valence-electron chi connectivity index (χ2n) is 6.96. The molecule has 130 valence electrons. The highest BCUT2D eigenvalue weighted by Crippen LogP contribution is 2.56. The molecule has 1 fully saturated rings. The van der Waals surface area contributed by atoms with Crippen LogP contribution in [0, 0.1) is 16.7 Å². The summed E-state index contributed by atoms with van der Waals surface area (Å²) < 4.78 is 4.91. The highest BCUT2D eigenvalue weighted by atomic mass is 16.5. The molecule has 6 nitrogen and oxygen atoms in total. The highest BCUT2D eigenvalue weighted by Gasteiger charge is 2.58. The quantitative estimate of drug-likeness (QED) is 0.845. The van der Waals surface area contributed by atoms with Gasteiger partial charge in [0.15, 0.2) is 0 Å². The first-order valence-electron chi connectivity index (χ1n) is 7.85. The molecular weight excluding hydrogens is 310 g/mol. The Morgan fingerprint density at radius 2 is 1.83 bits per heavy atom. The van der Waals surface area contributed by atoms with E-state index in [0.29, 0.717) is 12.8 Å². The molecule has 1 amide bonds. The van der Waals surface area contributed by atoms with E-state index in [-0.39, 0.29) is 23.1 Å². The topological polar surface area (TPSA) is 95.5 Å². The smallest absolute Gasteiger partial charge is 0.312 e. The average molecular weight is 332 g/mol. The number of anilines is 1. The van der Waals surface area contributed by atoms with E-state index in [4.69, 9.17) is 4.74 Å². The fourth-order valence-electron chi connectivity index (χ4n) is 3.54. The van der Waals surface area contributed by atoms with E-state index in [1.165, 1.54) is 19.2 Å². The second-order valence-corrected chi connectivity index (χ2v) is 6.96. The Balaban J connectivity index is 2.26. The number of carboxylic acid groups (broad SMARTS) is 1. The van der Waals surface area contributed by atoms with Gasteiger partial charge in [0.1, 0.15) is 0 Å². The van der Waals surface area contributed by atoms with Crippen LogP contribution >= 0.6 is 0 Å². The third-order valence-electron chi connectivity index (χ3n) is 5.58. The van der Waals surface area contributed by atoms with Gasteiger partial charge in [-0.15, -0.1) is 0 Å². The zero-order valence-electron chi connectivity index (χ0n) is 14.3. The van der Waals surface area contributed by atoms with E-state index in [1.807, 2.05) is 13.8 Å². The van der Waals surface area contributed by atoms with E-state index < -0.39 is 22.7 Å². The van der Waals surface area contributed by atoms with Crippen molar-refractivity contribution in [2.24, 2.45) is 16.7 Å². The van der Waals surface area contributed by atoms with Crippen LogP contribution in [0.5, 0.6) is 0 Å². The fraction of sp³-hybridized carbons (Fsp3) is 0.500. The van der Waals surface area contributed by atoms with Crippen LogP contribution in [0.1, 0.15) is 44.0 Å². The number of carbonyl (C=O) groups excluding carboxylic acids is 3. The fourth-order valence-corrected chi connectivity index (χ4v) is 3.54. The first kappa shape index (κ1) is 18.0. The molecular formula is C18H22NO5-. The van der Waals surface area contributed by atoms with E-state index in [9.17, 15) is 19.5 Å². The Bertz CT molecular complexity index is 682. The van der Waals surface area contributed by atoms with Gasteiger partial charge in [-0.3, -0.25) is 9.59 Å². The van der Waals surface area contributed by atoms with Crippen molar-refractivity contribution in [2.45, 2.75) is 33.6 Å². The zero-order valence-corrected chi connectivity index (χ0v) is 14.3. The Kier molecular flexibility index (Phi) is 4.69. The average Bonchev–Trinajstić information content (AvgIpc) is 2.78. The van der Waals surface area contributed by atoms with Crippen LogP contribution in [-0.4, -0.2) is 25.0 Å².